The molecule has 0 atom stereocenters. The third-order valence-corrected chi connectivity index (χ3v) is 3.37. The van der Waals surface area contributed by atoms with E-state index in [-0.39, 0.29) is 0 Å². The first-order chi connectivity index (χ1) is 7.62. The summed E-state index contributed by atoms with van der Waals surface area (Å²) in [5.41, 5.74) is 0.308. The van der Waals surface area contributed by atoms with Crippen LogP contribution in [0.2, 0.25) is 5.02 Å². The number of benzene rings is 1. The molecule has 16 heavy (non-hydrogen) atoms. The maximum atomic E-state index is 11.1. The van der Waals surface area contributed by atoms with Gasteiger partial charge >= 0.3 is 5.97 Å². The van der Waals surface area contributed by atoms with Crippen molar-refractivity contribution in [1.29, 1.82) is 0 Å². The molecule has 1 fully saturated rings. The van der Waals surface area contributed by atoms with Gasteiger partial charge in [0.25, 0.3) is 0 Å². The molecule has 3 nitrogen and oxygen atoms in total. The molecule has 0 aromatic heterocycles. The van der Waals surface area contributed by atoms with Gasteiger partial charge in [-0.25, -0.2) is 0 Å². The largest absolute Gasteiger partial charge is 0.480 e. The molecular weight excluding hydrogens is 226 g/mol. The van der Waals surface area contributed by atoms with Gasteiger partial charge in [0.15, 0.2) is 0 Å². The maximum Gasteiger partial charge on any atom is 0.323 e. The van der Waals surface area contributed by atoms with Gasteiger partial charge in [-0.05, 0) is 37.0 Å². The first-order valence-electron chi connectivity index (χ1n) is 5.35. The average Bonchev–Trinajstić information content (AvgIpc) is 2.15. The lowest BCUT2D eigenvalue weighted by molar-refractivity contribution is -0.148. The molecule has 0 unspecified atom stereocenters. The van der Waals surface area contributed by atoms with E-state index >= 15 is 0 Å². The molecule has 1 saturated carbocycles. The molecule has 0 radical (unpaired) electrons. The van der Waals surface area contributed by atoms with Crippen molar-refractivity contribution in [3.8, 4) is 0 Å². The standard InChI is InChI=1S/C12H14ClNO2/c13-10-4-1-3-9(7-10)8-14-12(11(15)16)5-2-6-12/h1,3-4,7,14H,2,5-6,8H2,(H,15,16). The van der Waals surface area contributed by atoms with E-state index < -0.39 is 11.5 Å². The summed E-state index contributed by atoms with van der Waals surface area (Å²) in [6.07, 6.45) is 2.40. The molecule has 86 valence electrons. The van der Waals surface area contributed by atoms with E-state index in [0.29, 0.717) is 24.4 Å². The fourth-order valence-electron chi connectivity index (χ4n) is 1.91. The molecule has 1 aromatic carbocycles. The summed E-state index contributed by atoms with van der Waals surface area (Å²) in [7, 11) is 0. The van der Waals surface area contributed by atoms with Crippen molar-refractivity contribution in [2.24, 2.45) is 0 Å². The highest BCUT2D eigenvalue weighted by Crippen LogP contribution is 2.32. The lowest BCUT2D eigenvalue weighted by atomic mass is 9.76. The molecule has 2 rings (SSSR count). The molecule has 0 heterocycles. The van der Waals surface area contributed by atoms with Gasteiger partial charge in [-0.15, -0.1) is 0 Å². The molecule has 0 saturated heterocycles. The number of carbonyl (C=O) groups is 1. The van der Waals surface area contributed by atoms with Gasteiger partial charge < -0.3 is 5.11 Å². The van der Waals surface area contributed by atoms with Crippen molar-refractivity contribution < 1.29 is 9.90 Å². The minimum Gasteiger partial charge on any atom is -0.480 e. The van der Waals surface area contributed by atoms with Crippen molar-refractivity contribution >= 4 is 17.6 Å². The number of rotatable bonds is 4. The predicted octanol–water partition coefficient (Wildman–Crippen LogP) is 2.44. The Balaban J connectivity index is 1.99. The van der Waals surface area contributed by atoms with Crippen LogP contribution < -0.4 is 5.32 Å². The van der Waals surface area contributed by atoms with Crippen molar-refractivity contribution in [2.75, 3.05) is 0 Å². The van der Waals surface area contributed by atoms with Crippen molar-refractivity contribution in [2.45, 2.75) is 31.3 Å². The Morgan fingerprint density at radius 1 is 1.50 bits per heavy atom. The van der Waals surface area contributed by atoms with Gasteiger partial charge in [0, 0.05) is 11.6 Å². The van der Waals surface area contributed by atoms with Crippen LogP contribution in [-0.2, 0) is 11.3 Å². The number of carboxylic acid groups (broad SMARTS) is 1. The minimum atomic E-state index is -0.749. The molecule has 0 bridgehead atoms. The zero-order valence-corrected chi connectivity index (χ0v) is 9.63. The third-order valence-electron chi connectivity index (χ3n) is 3.14. The summed E-state index contributed by atoms with van der Waals surface area (Å²) >= 11 is 5.86. The maximum absolute atomic E-state index is 11.1. The number of hydrogen-bond acceptors (Lipinski definition) is 2. The van der Waals surface area contributed by atoms with E-state index in [2.05, 4.69) is 5.32 Å². The normalized spacial score (nSPS) is 17.8. The van der Waals surface area contributed by atoms with Gasteiger partial charge in [0.1, 0.15) is 5.54 Å². The SMILES string of the molecule is O=C(O)C1(NCc2cccc(Cl)c2)CCC1. The van der Waals surface area contributed by atoms with Crippen molar-refractivity contribution in [1.82, 2.24) is 5.32 Å². The summed E-state index contributed by atoms with van der Waals surface area (Å²) in [6, 6.07) is 7.46. The lowest BCUT2D eigenvalue weighted by Crippen LogP contribution is -2.56. The molecule has 0 aliphatic heterocycles. The van der Waals surface area contributed by atoms with Gasteiger partial charge in [-0.3, -0.25) is 10.1 Å². The molecular formula is C12H14ClNO2. The van der Waals surface area contributed by atoms with Crippen molar-refractivity contribution in [3.63, 3.8) is 0 Å². The Morgan fingerprint density at radius 3 is 2.75 bits per heavy atom. The molecule has 4 heteroatoms. The first kappa shape index (κ1) is 11.4. The Kier molecular flexibility index (Phi) is 3.17. The van der Waals surface area contributed by atoms with Crippen LogP contribution in [0.4, 0.5) is 0 Å². The van der Waals surface area contributed by atoms with Gasteiger partial charge in [-0.1, -0.05) is 23.7 Å². The Morgan fingerprint density at radius 2 is 2.25 bits per heavy atom. The Bertz CT molecular complexity index is 402. The first-order valence-corrected chi connectivity index (χ1v) is 5.73. The third kappa shape index (κ3) is 2.20. The Hall–Kier alpha value is -1.06. The second-order valence-corrected chi connectivity index (χ2v) is 4.66. The Labute approximate surface area is 99.4 Å². The number of carboxylic acids is 1. The van der Waals surface area contributed by atoms with Crippen LogP contribution in [0.3, 0.4) is 0 Å². The minimum absolute atomic E-state index is 0.548. The summed E-state index contributed by atoms with van der Waals surface area (Å²) < 4.78 is 0. The second kappa shape index (κ2) is 4.44. The molecule has 1 aliphatic carbocycles. The number of hydrogen-bond donors (Lipinski definition) is 2. The van der Waals surface area contributed by atoms with Crippen molar-refractivity contribution in [3.05, 3.63) is 34.9 Å². The summed E-state index contributed by atoms with van der Waals surface area (Å²) in [6.45, 7) is 0.548. The number of halogens is 1. The van der Waals surface area contributed by atoms with E-state index in [9.17, 15) is 4.79 Å². The average molecular weight is 240 g/mol. The molecule has 0 amide bonds. The quantitative estimate of drug-likeness (QED) is 0.849. The van der Waals surface area contributed by atoms with E-state index in [1.54, 1.807) is 6.07 Å². The summed E-state index contributed by atoms with van der Waals surface area (Å²) in [5, 5.41) is 12.9. The van der Waals surface area contributed by atoms with Crippen LogP contribution in [0.15, 0.2) is 24.3 Å². The summed E-state index contributed by atoms with van der Waals surface area (Å²) in [4.78, 5) is 11.1. The zero-order valence-electron chi connectivity index (χ0n) is 8.87. The van der Waals surface area contributed by atoms with Gasteiger partial charge in [0.2, 0.25) is 0 Å². The molecule has 2 N–H and O–H groups in total. The highest BCUT2D eigenvalue weighted by atomic mass is 35.5. The van der Waals surface area contributed by atoms with Crippen LogP contribution in [0.1, 0.15) is 24.8 Å². The van der Waals surface area contributed by atoms with E-state index in [1.165, 1.54) is 0 Å². The molecule has 1 aromatic rings. The van der Waals surface area contributed by atoms with Crippen LogP contribution in [-0.4, -0.2) is 16.6 Å². The topological polar surface area (TPSA) is 49.3 Å². The highest BCUT2D eigenvalue weighted by Gasteiger charge is 2.43. The van der Waals surface area contributed by atoms with E-state index in [4.69, 9.17) is 16.7 Å². The van der Waals surface area contributed by atoms with Gasteiger partial charge in [0.05, 0.1) is 0 Å². The number of aliphatic carboxylic acids is 1. The second-order valence-electron chi connectivity index (χ2n) is 4.22. The van der Waals surface area contributed by atoms with Crippen LogP contribution in [0.5, 0.6) is 0 Å². The molecule has 0 spiro atoms. The summed E-state index contributed by atoms with van der Waals surface area (Å²) in [5.74, 6) is -0.749. The monoisotopic (exact) mass is 239 g/mol. The lowest BCUT2D eigenvalue weighted by Gasteiger charge is -2.38. The number of nitrogens with one attached hydrogen (secondary N) is 1. The van der Waals surface area contributed by atoms with Crippen LogP contribution in [0, 0.1) is 0 Å². The highest BCUT2D eigenvalue weighted by molar-refractivity contribution is 6.30. The molecule has 1 aliphatic rings. The van der Waals surface area contributed by atoms with Gasteiger partial charge in [-0.2, -0.15) is 0 Å². The predicted molar refractivity (Wildman–Crippen MR) is 62.5 cm³/mol. The zero-order chi connectivity index (χ0) is 11.6. The fraction of sp³-hybridized carbons (Fsp3) is 0.417. The smallest absolute Gasteiger partial charge is 0.323 e. The fourth-order valence-corrected chi connectivity index (χ4v) is 2.13. The van der Waals surface area contributed by atoms with Crippen LogP contribution >= 0.6 is 11.6 Å². The van der Waals surface area contributed by atoms with E-state index in [1.807, 2.05) is 18.2 Å². The van der Waals surface area contributed by atoms with Crippen LogP contribution in [0.25, 0.3) is 0 Å². The van der Waals surface area contributed by atoms with E-state index in [0.717, 1.165) is 12.0 Å².